The van der Waals surface area contributed by atoms with E-state index in [-0.39, 0.29) is 12.4 Å². The monoisotopic (exact) mass is 452 g/mol. The number of nitrogens with two attached hydrogens (primary N) is 1. The number of carbonyl (C=O) groups is 1. The van der Waals surface area contributed by atoms with E-state index in [0.29, 0.717) is 21.5 Å². The zero-order chi connectivity index (χ0) is 21.4. The second-order valence-electron chi connectivity index (χ2n) is 6.42. The van der Waals surface area contributed by atoms with Crippen LogP contribution in [0.4, 0.5) is 9.18 Å². The number of primary amides is 1. The van der Waals surface area contributed by atoms with Gasteiger partial charge < -0.3 is 10.5 Å². The fraction of sp³-hybridized carbons (Fsp3) is 0.0500. The summed E-state index contributed by atoms with van der Waals surface area (Å²) >= 11 is 2.84. The molecule has 0 atom stereocenters. The number of carbonyl (C=O) groups excluding carboxylic acids is 1. The Bertz CT molecular complexity index is 1420. The van der Waals surface area contributed by atoms with Gasteiger partial charge in [0.05, 0.1) is 15.9 Å². The fourth-order valence-electron chi connectivity index (χ4n) is 2.92. The number of amides is 1. The van der Waals surface area contributed by atoms with Crippen LogP contribution in [0.5, 0.6) is 0 Å². The molecule has 3 heterocycles. The fourth-order valence-corrected chi connectivity index (χ4v) is 4.74. The summed E-state index contributed by atoms with van der Waals surface area (Å²) in [7, 11) is 0. The van der Waals surface area contributed by atoms with Crippen LogP contribution in [0.2, 0.25) is 0 Å². The summed E-state index contributed by atoms with van der Waals surface area (Å²) in [6, 6.07) is 15.6. The third-order valence-electron chi connectivity index (χ3n) is 4.33. The first-order valence-electron chi connectivity index (χ1n) is 9.03. The Morgan fingerprint density at radius 3 is 2.77 bits per heavy atom. The molecule has 31 heavy (non-hydrogen) atoms. The maximum absolute atomic E-state index is 13.2. The molecule has 8 nitrogen and oxygen atoms in total. The van der Waals surface area contributed by atoms with Gasteiger partial charge in [-0.15, -0.1) is 21.5 Å². The van der Waals surface area contributed by atoms with Gasteiger partial charge in [-0.2, -0.15) is 9.61 Å². The van der Waals surface area contributed by atoms with Gasteiger partial charge in [-0.1, -0.05) is 0 Å². The lowest BCUT2D eigenvalue weighted by Crippen LogP contribution is -2.12. The minimum absolute atomic E-state index is 0.0437. The number of ether oxygens (including phenoxy) is 1. The van der Waals surface area contributed by atoms with Crippen molar-refractivity contribution in [3.8, 4) is 11.3 Å². The summed E-state index contributed by atoms with van der Waals surface area (Å²) < 4.78 is 20.6. The van der Waals surface area contributed by atoms with E-state index in [1.54, 1.807) is 16.6 Å². The van der Waals surface area contributed by atoms with Gasteiger partial charge in [-0.25, -0.2) is 14.2 Å². The Morgan fingerprint density at radius 2 is 1.97 bits per heavy atom. The van der Waals surface area contributed by atoms with E-state index in [9.17, 15) is 9.18 Å². The van der Waals surface area contributed by atoms with E-state index in [2.05, 4.69) is 20.3 Å². The molecule has 0 fully saturated rings. The zero-order valence-corrected chi connectivity index (χ0v) is 17.4. The highest BCUT2D eigenvalue weighted by Crippen LogP contribution is 2.32. The predicted octanol–water partition coefficient (Wildman–Crippen LogP) is 4.29. The molecule has 154 valence electrons. The molecule has 0 aliphatic rings. The predicted molar refractivity (Wildman–Crippen MR) is 114 cm³/mol. The van der Waals surface area contributed by atoms with E-state index < -0.39 is 6.09 Å². The van der Waals surface area contributed by atoms with Crippen LogP contribution in [-0.4, -0.2) is 30.9 Å². The van der Waals surface area contributed by atoms with Crippen LogP contribution >= 0.6 is 23.1 Å². The van der Waals surface area contributed by atoms with Gasteiger partial charge in [0, 0.05) is 10.5 Å². The molecule has 11 heteroatoms. The van der Waals surface area contributed by atoms with Crippen LogP contribution < -0.4 is 5.73 Å². The molecule has 0 saturated carbocycles. The minimum Gasteiger partial charge on any atom is -0.442 e. The quantitative estimate of drug-likeness (QED) is 0.424. The molecule has 2 N–H and O–H groups in total. The standard InChI is InChI=1S/C20H13FN6O2S2/c21-12-3-1-11(2-4-12)14-7-8-17-24-25-20(27(17)26-14)30-13-5-6-15-16(9-13)31-18(23-15)10-29-19(22)28/h1-9H,10H2,(H2,22,28). The van der Waals surface area contributed by atoms with Gasteiger partial charge in [0.15, 0.2) is 5.65 Å². The second kappa shape index (κ2) is 7.93. The van der Waals surface area contributed by atoms with Gasteiger partial charge in [0.25, 0.3) is 0 Å². The summed E-state index contributed by atoms with van der Waals surface area (Å²) in [5.74, 6) is -0.298. The van der Waals surface area contributed by atoms with Crippen molar-refractivity contribution in [3.63, 3.8) is 0 Å². The third kappa shape index (κ3) is 4.05. The van der Waals surface area contributed by atoms with Gasteiger partial charge in [0.2, 0.25) is 5.16 Å². The molecule has 1 amide bonds. The summed E-state index contributed by atoms with van der Waals surface area (Å²) in [5.41, 5.74) is 7.91. The molecule has 5 rings (SSSR count). The summed E-state index contributed by atoms with van der Waals surface area (Å²) in [6.07, 6.45) is -0.832. The van der Waals surface area contributed by atoms with Crippen molar-refractivity contribution in [2.24, 2.45) is 5.73 Å². The minimum atomic E-state index is -0.832. The molecular weight excluding hydrogens is 439 g/mol. The average Bonchev–Trinajstić information content (AvgIpc) is 3.36. The highest BCUT2D eigenvalue weighted by Gasteiger charge is 2.12. The van der Waals surface area contributed by atoms with E-state index in [4.69, 9.17) is 10.5 Å². The van der Waals surface area contributed by atoms with Crippen LogP contribution in [0.15, 0.2) is 64.6 Å². The van der Waals surface area contributed by atoms with Crippen molar-refractivity contribution in [2.45, 2.75) is 16.7 Å². The Kier molecular flexibility index (Phi) is 4.96. The first-order valence-corrected chi connectivity index (χ1v) is 10.7. The zero-order valence-electron chi connectivity index (χ0n) is 15.7. The lowest BCUT2D eigenvalue weighted by Gasteiger charge is -2.03. The number of aromatic nitrogens is 5. The molecule has 0 aliphatic heterocycles. The van der Waals surface area contributed by atoms with E-state index in [0.717, 1.165) is 20.7 Å². The van der Waals surface area contributed by atoms with E-state index in [1.165, 1.54) is 35.2 Å². The van der Waals surface area contributed by atoms with Crippen LogP contribution in [0, 0.1) is 5.82 Å². The molecule has 0 unspecified atom stereocenters. The normalized spacial score (nSPS) is 11.3. The first kappa shape index (κ1) is 19.4. The molecule has 0 bridgehead atoms. The van der Waals surface area contributed by atoms with Crippen LogP contribution in [0.3, 0.4) is 0 Å². The number of hydrogen-bond donors (Lipinski definition) is 1. The number of hydrogen-bond acceptors (Lipinski definition) is 8. The second-order valence-corrected chi connectivity index (χ2v) is 8.58. The van der Waals surface area contributed by atoms with Gasteiger partial charge >= 0.3 is 6.09 Å². The van der Waals surface area contributed by atoms with E-state index >= 15 is 0 Å². The van der Waals surface area contributed by atoms with Crippen molar-refractivity contribution >= 4 is 45.1 Å². The molecular formula is C20H13FN6O2S2. The Labute approximate surface area is 182 Å². The molecule has 0 radical (unpaired) electrons. The smallest absolute Gasteiger partial charge is 0.404 e. The number of fused-ring (bicyclic) bond motifs is 2. The van der Waals surface area contributed by atoms with Gasteiger partial charge in [0.1, 0.15) is 17.4 Å². The highest BCUT2D eigenvalue weighted by atomic mass is 32.2. The highest BCUT2D eigenvalue weighted by molar-refractivity contribution is 7.99. The maximum atomic E-state index is 13.2. The average molecular weight is 452 g/mol. The number of halogens is 1. The van der Waals surface area contributed by atoms with Crippen LogP contribution in [-0.2, 0) is 11.3 Å². The number of thiazole rings is 1. The lowest BCUT2D eigenvalue weighted by atomic mass is 10.1. The van der Waals surface area contributed by atoms with Gasteiger partial charge in [-0.05, 0) is 66.4 Å². The van der Waals surface area contributed by atoms with Crippen molar-refractivity contribution in [1.29, 1.82) is 0 Å². The summed E-state index contributed by atoms with van der Waals surface area (Å²) in [6.45, 7) is 0.0437. The topological polar surface area (TPSA) is 108 Å². The summed E-state index contributed by atoms with van der Waals surface area (Å²) in [5, 5.41) is 14.3. The first-order chi connectivity index (χ1) is 15.0. The molecule has 5 aromatic rings. The van der Waals surface area contributed by atoms with Crippen molar-refractivity contribution in [3.05, 3.63) is 65.4 Å². The van der Waals surface area contributed by atoms with Crippen LogP contribution in [0.25, 0.3) is 27.1 Å². The lowest BCUT2D eigenvalue weighted by molar-refractivity contribution is 0.150. The number of rotatable bonds is 5. The number of nitrogens with zero attached hydrogens (tertiary/aromatic N) is 5. The van der Waals surface area contributed by atoms with Crippen molar-refractivity contribution < 1.29 is 13.9 Å². The summed E-state index contributed by atoms with van der Waals surface area (Å²) in [4.78, 5) is 16.2. The Hall–Kier alpha value is -3.57. The maximum Gasteiger partial charge on any atom is 0.404 e. The van der Waals surface area contributed by atoms with Crippen molar-refractivity contribution in [1.82, 2.24) is 24.8 Å². The third-order valence-corrected chi connectivity index (χ3v) is 6.24. The number of benzene rings is 2. The molecule has 0 aliphatic carbocycles. The largest absolute Gasteiger partial charge is 0.442 e. The molecule has 2 aromatic carbocycles. The van der Waals surface area contributed by atoms with Crippen molar-refractivity contribution in [2.75, 3.05) is 0 Å². The Balaban J connectivity index is 1.44. The molecule has 0 saturated heterocycles. The van der Waals surface area contributed by atoms with Gasteiger partial charge in [-0.3, -0.25) is 0 Å². The molecule has 0 spiro atoms. The van der Waals surface area contributed by atoms with Crippen LogP contribution in [0.1, 0.15) is 5.01 Å². The van der Waals surface area contributed by atoms with E-state index in [1.807, 2.05) is 30.3 Å². The SMILES string of the molecule is NC(=O)OCc1nc2ccc(Sc3nnc4ccc(-c5ccc(F)cc5)nn34)cc2s1. The molecule has 3 aromatic heterocycles. The Morgan fingerprint density at radius 1 is 1.13 bits per heavy atom.